The van der Waals surface area contributed by atoms with Crippen molar-refractivity contribution in [1.29, 1.82) is 0 Å². The summed E-state index contributed by atoms with van der Waals surface area (Å²) in [6.45, 7) is 0. The Morgan fingerprint density at radius 2 is 0.404 bits per heavy atom. The van der Waals surface area contributed by atoms with E-state index in [-0.39, 0.29) is 0 Å². The largest absolute Gasteiger partial charge is 0.265 e. The molecule has 0 radical (unpaired) electrons. The smallest absolute Gasteiger partial charge is 0.164 e. The molecule has 0 N–H and O–H groups in total. The van der Waals surface area contributed by atoms with Crippen LogP contribution in [0.1, 0.15) is 0 Å². The fourth-order valence-electron chi connectivity index (χ4n) is 20.0. The van der Waals surface area contributed by atoms with Crippen molar-refractivity contribution >= 4 is 86.8 Å². The first-order valence-electron chi connectivity index (χ1n) is 48.7. The summed E-state index contributed by atoms with van der Waals surface area (Å²) in [6.07, 6.45) is 11.1. The van der Waals surface area contributed by atoms with E-state index in [2.05, 4.69) is 355 Å². The second-order valence-corrected chi connectivity index (χ2v) is 35.8. The first kappa shape index (κ1) is 87.6. The quantitative estimate of drug-likeness (QED) is 0.0839. The Kier molecular flexibility index (Phi) is 23.4. The van der Waals surface area contributed by atoms with Gasteiger partial charge in [-0.2, -0.15) is 0 Å². The summed E-state index contributed by atoms with van der Waals surface area (Å²) < 4.78 is 0. The van der Waals surface area contributed by atoms with Crippen LogP contribution in [0.3, 0.4) is 0 Å². The lowest BCUT2D eigenvalue weighted by Gasteiger charge is -2.16. The highest BCUT2D eigenvalue weighted by molar-refractivity contribution is 6.23. The summed E-state index contributed by atoms with van der Waals surface area (Å²) in [4.78, 5) is 64.4. The Hall–Kier alpha value is -19.9. The Morgan fingerprint density at radius 1 is 0.130 bits per heavy atom. The number of fused-ring (bicyclic) bond motifs is 12. The van der Waals surface area contributed by atoms with E-state index in [1.165, 1.54) is 10.8 Å². The second-order valence-electron chi connectivity index (χ2n) is 35.8. The normalized spacial score (nSPS) is 11.3. The van der Waals surface area contributed by atoms with Gasteiger partial charge in [0.2, 0.25) is 0 Å². The van der Waals surface area contributed by atoms with Crippen molar-refractivity contribution in [1.82, 2.24) is 64.8 Å². The number of pyridine rings is 8. The van der Waals surface area contributed by atoms with Crippen LogP contribution in [0.5, 0.6) is 0 Å². The predicted molar refractivity (Wildman–Crippen MR) is 598 cm³/mol. The average molecular weight is 1870 g/mol. The Morgan fingerprint density at radius 3 is 0.788 bits per heavy atom. The van der Waals surface area contributed by atoms with Crippen LogP contribution in [0.15, 0.2) is 516 Å². The van der Waals surface area contributed by atoms with Gasteiger partial charge in [0.25, 0.3) is 0 Å². The van der Waals surface area contributed by atoms with Gasteiger partial charge >= 0.3 is 0 Å². The molecule has 0 amide bonds. The maximum atomic E-state index is 5.42. The zero-order valence-electron chi connectivity index (χ0n) is 78.9. The first-order chi connectivity index (χ1) is 72.4. The average Bonchev–Trinajstić information content (AvgIpc) is 0.737. The minimum atomic E-state index is 0.625. The molecule has 0 aliphatic carbocycles. The molecular weight excluding hydrogens is 1780 g/mol. The molecule has 13 nitrogen and oxygen atoms in total. The lowest BCUT2D eigenvalue weighted by Crippen LogP contribution is -2.00. The van der Waals surface area contributed by atoms with Gasteiger partial charge in [-0.05, 0) is 87.5 Å². The fraction of sp³-hybridized carbons (Fsp3) is 0. The highest BCUT2D eigenvalue weighted by Gasteiger charge is 2.25. The second kappa shape index (κ2) is 39.1. The Labute approximate surface area is 842 Å². The van der Waals surface area contributed by atoms with Crippen LogP contribution in [-0.4, -0.2) is 64.8 Å². The minimum Gasteiger partial charge on any atom is -0.265 e. The van der Waals surface area contributed by atoms with E-state index in [1.54, 1.807) is 0 Å². The zero-order chi connectivity index (χ0) is 97.0. The number of hydrogen-bond acceptors (Lipinski definition) is 13. The molecule has 0 saturated carbocycles. The van der Waals surface area contributed by atoms with Crippen molar-refractivity contribution in [2.45, 2.75) is 0 Å². The van der Waals surface area contributed by atoms with Crippen molar-refractivity contribution in [2.24, 2.45) is 0 Å². The molecule has 10 aromatic heterocycles. The molecule has 0 bridgehead atoms. The van der Waals surface area contributed by atoms with Crippen LogP contribution >= 0.6 is 0 Å². The van der Waals surface area contributed by atoms with Gasteiger partial charge in [0.15, 0.2) is 23.3 Å². The highest BCUT2D eigenvalue weighted by Crippen LogP contribution is 2.47. The SMILES string of the molecule is c1ccc(-c2cc(-c3ccc(-c4cccc5c4nc(-c4ccccc4)c4cccc(-c6ccncc6)c45)cc3)nc(-c3ccccc3)n2)cc1.c1ccc(-c2ccc3ccc4ccc(-c5cccc6c5nc(-c5ccccc5)c5cccc(-c7cccnc7)c56)nc4c3n2)cc1.c1ccc(-c2nc(-c3ccccc3)nc(-c3ccc(-c4cccc5c4nc(-c4ccccc4)c4cccc(-c6ccncc6)c45)cc3)n2)cc1. The van der Waals surface area contributed by atoms with Gasteiger partial charge in [-0.25, -0.2) is 49.8 Å². The van der Waals surface area contributed by atoms with Crippen molar-refractivity contribution in [3.63, 3.8) is 0 Å². The molecule has 10 heterocycles. The third-order valence-corrected chi connectivity index (χ3v) is 27.0. The van der Waals surface area contributed by atoms with Crippen LogP contribution in [0.4, 0.5) is 0 Å². The number of rotatable bonds is 16. The van der Waals surface area contributed by atoms with E-state index in [0.29, 0.717) is 23.3 Å². The molecule has 146 heavy (non-hydrogen) atoms. The fourth-order valence-corrected chi connectivity index (χ4v) is 20.0. The zero-order valence-corrected chi connectivity index (χ0v) is 78.9. The molecule has 0 unspecified atom stereocenters. The van der Waals surface area contributed by atoms with E-state index in [9.17, 15) is 0 Å². The third-order valence-electron chi connectivity index (χ3n) is 27.0. The molecule has 0 saturated heterocycles. The molecule has 27 rings (SSSR count). The molecular formula is C133H85N13. The molecule has 0 aliphatic heterocycles. The van der Waals surface area contributed by atoms with Gasteiger partial charge in [0.05, 0.1) is 67.4 Å². The van der Waals surface area contributed by atoms with E-state index in [4.69, 9.17) is 49.8 Å². The van der Waals surface area contributed by atoms with Crippen LogP contribution in [0.25, 0.3) is 267 Å². The van der Waals surface area contributed by atoms with Crippen molar-refractivity contribution in [2.75, 3.05) is 0 Å². The van der Waals surface area contributed by atoms with Gasteiger partial charge in [0, 0.05) is 174 Å². The van der Waals surface area contributed by atoms with Gasteiger partial charge in [0.1, 0.15) is 0 Å². The maximum Gasteiger partial charge on any atom is 0.164 e. The molecule has 13 heteroatoms. The van der Waals surface area contributed by atoms with Gasteiger partial charge in [-0.3, -0.25) is 15.0 Å². The summed E-state index contributed by atoms with van der Waals surface area (Å²) in [5, 5.41) is 12.3. The van der Waals surface area contributed by atoms with Gasteiger partial charge in [-0.15, -0.1) is 0 Å². The van der Waals surface area contributed by atoms with Crippen LogP contribution in [0, 0.1) is 0 Å². The van der Waals surface area contributed by atoms with Crippen LogP contribution in [-0.2, 0) is 0 Å². The number of aromatic nitrogens is 13. The molecule has 0 fully saturated rings. The molecule has 0 spiro atoms. The van der Waals surface area contributed by atoms with E-state index in [0.717, 1.165) is 233 Å². The summed E-state index contributed by atoms with van der Waals surface area (Å²) in [5.41, 5.74) is 33.2. The molecule has 0 aliphatic rings. The minimum absolute atomic E-state index is 0.625. The van der Waals surface area contributed by atoms with E-state index in [1.807, 2.05) is 177 Å². The lowest BCUT2D eigenvalue weighted by atomic mass is 9.91. The van der Waals surface area contributed by atoms with Crippen molar-refractivity contribution in [3.8, 4) is 180 Å². The third kappa shape index (κ3) is 17.2. The topological polar surface area (TPSA) is 168 Å². The Balaban J connectivity index is 0.000000114. The molecule has 0 atom stereocenters. The summed E-state index contributed by atoms with van der Waals surface area (Å²) in [6, 6.07) is 165. The van der Waals surface area contributed by atoms with Gasteiger partial charge < -0.3 is 0 Å². The number of para-hydroxylation sites is 3. The van der Waals surface area contributed by atoms with Crippen LogP contribution in [0.2, 0.25) is 0 Å². The van der Waals surface area contributed by atoms with Crippen molar-refractivity contribution in [3.05, 3.63) is 516 Å². The summed E-state index contributed by atoms with van der Waals surface area (Å²) in [7, 11) is 0. The summed E-state index contributed by atoms with van der Waals surface area (Å²) in [5.74, 6) is 2.61. The molecule has 17 aromatic carbocycles. The maximum absolute atomic E-state index is 5.42. The number of benzene rings is 17. The molecule has 27 aromatic rings. The van der Waals surface area contributed by atoms with Crippen molar-refractivity contribution < 1.29 is 0 Å². The Bertz CT molecular complexity index is 9040. The number of nitrogens with zero attached hydrogens (tertiary/aromatic N) is 13. The van der Waals surface area contributed by atoms with Crippen LogP contribution < -0.4 is 0 Å². The highest BCUT2D eigenvalue weighted by atomic mass is 15.0. The standard InChI is InChI=1S/C46H30N4.C45H29N5.C42H26N4/c1-4-12-33(13-5-1)41-30-42(49-46(48-41)36-16-8-3-9-17-36)34-24-22-31(23-25-34)38-19-11-21-40-43-37(32-26-28-47-29-27-32)18-10-20-39(43)44(50-45(38)40)35-14-6-2-7-15-35;1-4-12-32(13-5-1)41-38-20-10-18-36(31-26-28-46-29-27-31)40(38)39-21-11-19-37(42(39)47-41)30-22-24-35(25-23-30)45-49-43(33-14-6-2-7-15-33)48-44(50-45)34-16-8-3-9-17-34;1-3-10-27(11-4-1)36-23-21-29-19-20-30-22-24-37(45-41(30)40(29)44-36)33-16-8-18-35-38-32(31-14-9-25-43-26-31)15-7-17-34(38)39(46-42(33)35)28-12-5-2-6-13-28/h1-30H;1-29H;1-26H. The predicted octanol–water partition coefficient (Wildman–Crippen LogP) is 33.1. The molecule has 682 valence electrons. The lowest BCUT2D eigenvalue weighted by molar-refractivity contribution is 1.07. The first-order valence-corrected chi connectivity index (χ1v) is 48.7. The summed E-state index contributed by atoms with van der Waals surface area (Å²) >= 11 is 0. The van der Waals surface area contributed by atoms with Gasteiger partial charge in [-0.1, -0.05) is 431 Å². The van der Waals surface area contributed by atoms with E-state index >= 15 is 0 Å². The van der Waals surface area contributed by atoms with E-state index < -0.39 is 0 Å². The number of hydrogen-bond donors (Lipinski definition) is 0. The monoisotopic (exact) mass is 1860 g/mol.